The van der Waals surface area contributed by atoms with Crippen LogP contribution in [0.4, 0.5) is 0 Å². The standard InChI is InChI=1S/C24H20O12S2.2Na/c1-15-2-6-17(7-3-15)32-10-11-33-22-12-19(36-38(29,30)31)13-23-24(22)20(25)14-21(34-23)16-4-8-18(9-5-16)35-37(26,27)28;;/h2-9,12-14H,10-11H2,1H3,(H,26,27,28)(H,29,30,31);;/q;2*+1/p-2. The van der Waals surface area contributed by atoms with Gasteiger partial charge in [-0.1, -0.05) is 17.7 Å². The van der Waals surface area contributed by atoms with Crippen molar-refractivity contribution in [2.75, 3.05) is 13.2 Å². The molecule has 1 heterocycles. The molecule has 16 heteroatoms. The van der Waals surface area contributed by atoms with Gasteiger partial charge in [0.05, 0.1) is 0 Å². The molecule has 4 rings (SSSR count). The van der Waals surface area contributed by atoms with E-state index in [1.807, 2.05) is 19.1 Å². The zero-order valence-electron chi connectivity index (χ0n) is 21.5. The number of hydrogen-bond acceptors (Lipinski definition) is 12. The second-order valence-corrected chi connectivity index (χ2v) is 9.75. The summed E-state index contributed by atoms with van der Waals surface area (Å²) in [5, 5.41) is -0.0582. The molecule has 4 aromatic rings. The van der Waals surface area contributed by atoms with E-state index >= 15 is 0 Å². The van der Waals surface area contributed by atoms with E-state index in [0.717, 1.165) is 23.8 Å². The van der Waals surface area contributed by atoms with Gasteiger partial charge in [-0.15, -0.1) is 0 Å². The third kappa shape index (κ3) is 9.76. The van der Waals surface area contributed by atoms with Gasteiger partial charge in [0.2, 0.25) is 0 Å². The number of ether oxygens (including phenoxy) is 2. The smallest absolute Gasteiger partial charge is 0.716 e. The number of hydrogen-bond donors (Lipinski definition) is 0. The molecule has 0 saturated heterocycles. The quantitative estimate of drug-likeness (QED) is 0.0767. The van der Waals surface area contributed by atoms with E-state index < -0.39 is 32.0 Å². The van der Waals surface area contributed by atoms with Gasteiger partial charge in [-0.3, -0.25) is 4.79 Å². The van der Waals surface area contributed by atoms with Gasteiger partial charge < -0.3 is 31.4 Å². The van der Waals surface area contributed by atoms with Crippen molar-refractivity contribution < 1.29 is 107 Å². The van der Waals surface area contributed by atoms with Gasteiger partial charge in [-0.05, 0) is 43.3 Å². The first kappa shape index (κ1) is 34.1. The largest absolute Gasteiger partial charge is 1.00 e. The van der Waals surface area contributed by atoms with Crippen molar-refractivity contribution in [3.8, 4) is 34.3 Å². The van der Waals surface area contributed by atoms with Crippen LogP contribution < -0.4 is 82.4 Å². The Hall–Kier alpha value is -2.11. The molecule has 0 saturated carbocycles. The summed E-state index contributed by atoms with van der Waals surface area (Å²) in [6.07, 6.45) is 0. The third-order valence-corrected chi connectivity index (χ3v) is 5.73. The minimum Gasteiger partial charge on any atom is -0.716 e. The molecule has 0 unspecified atom stereocenters. The first-order valence-electron chi connectivity index (χ1n) is 10.7. The Labute approximate surface area is 273 Å². The van der Waals surface area contributed by atoms with E-state index in [2.05, 4.69) is 8.37 Å². The Morgan fingerprint density at radius 3 is 1.88 bits per heavy atom. The van der Waals surface area contributed by atoms with Crippen LogP contribution in [-0.4, -0.2) is 39.2 Å². The van der Waals surface area contributed by atoms with Crippen LogP contribution >= 0.6 is 0 Å². The summed E-state index contributed by atoms with van der Waals surface area (Å²) in [4.78, 5) is 13.0. The number of benzene rings is 3. The summed E-state index contributed by atoms with van der Waals surface area (Å²) < 4.78 is 91.4. The second kappa shape index (κ2) is 14.2. The van der Waals surface area contributed by atoms with Crippen molar-refractivity contribution in [2.45, 2.75) is 6.92 Å². The van der Waals surface area contributed by atoms with E-state index in [9.17, 15) is 30.7 Å². The van der Waals surface area contributed by atoms with Crippen LogP contribution in [0.1, 0.15) is 5.56 Å². The van der Waals surface area contributed by atoms with Gasteiger partial charge in [0.15, 0.2) is 5.43 Å². The number of rotatable bonds is 10. The summed E-state index contributed by atoms with van der Waals surface area (Å²) in [5.74, 6) is -0.237. The molecule has 0 aliphatic carbocycles. The van der Waals surface area contributed by atoms with E-state index in [0.29, 0.717) is 5.75 Å². The topological polar surface area (TPSA) is 182 Å². The van der Waals surface area contributed by atoms with Crippen LogP contribution in [0.5, 0.6) is 23.0 Å². The molecule has 0 aliphatic rings. The van der Waals surface area contributed by atoms with Crippen LogP contribution in [0.15, 0.2) is 75.9 Å². The maximum atomic E-state index is 13.0. The summed E-state index contributed by atoms with van der Waals surface area (Å²) in [6.45, 7) is 1.95. The minimum absolute atomic E-state index is 0. The Morgan fingerprint density at radius 2 is 1.27 bits per heavy atom. The number of fused-ring (bicyclic) bond motifs is 1. The van der Waals surface area contributed by atoms with Crippen LogP contribution in [0.3, 0.4) is 0 Å². The fourth-order valence-corrected chi connectivity index (χ4v) is 4.07. The van der Waals surface area contributed by atoms with Crippen LogP contribution in [0.2, 0.25) is 0 Å². The van der Waals surface area contributed by atoms with E-state index in [4.69, 9.17) is 13.9 Å². The molecular formula is C24H18Na2O12S2. The Kier molecular flexibility index (Phi) is 12.1. The average Bonchev–Trinajstić information content (AvgIpc) is 2.81. The molecule has 0 atom stereocenters. The Bertz CT molecular complexity index is 1740. The third-order valence-electron chi connectivity index (χ3n) is 4.93. The summed E-state index contributed by atoms with van der Waals surface area (Å²) in [6, 6.07) is 15.5. The SMILES string of the molecule is Cc1ccc(OCCOc2cc(OS(=O)(=O)[O-])cc3oc(-c4ccc(OS(=O)(=O)[O-])cc4)cc(=O)c23)cc1.[Na+].[Na+]. The monoisotopic (exact) mass is 608 g/mol. The molecule has 0 radical (unpaired) electrons. The van der Waals surface area contributed by atoms with Crippen LogP contribution in [0, 0.1) is 6.92 Å². The predicted octanol–water partition coefficient (Wildman–Crippen LogP) is -3.09. The molecule has 0 fully saturated rings. The fraction of sp³-hybridized carbons (Fsp3) is 0.125. The van der Waals surface area contributed by atoms with Crippen LogP contribution in [-0.2, 0) is 20.8 Å². The minimum atomic E-state index is -5.16. The van der Waals surface area contributed by atoms with Gasteiger partial charge in [-0.25, -0.2) is 16.8 Å². The number of aryl methyl sites for hydroxylation is 1. The van der Waals surface area contributed by atoms with E-state index in [1.165, 1.54) is 24.3 Å². The van der Waals surface area contributed by atoms with Crippen LogP contribution in [0.25, 0.3) is 22.3 Å². The predicted molar refractivity (Wildman–Crippen MR) is 131 cm³/mol. The average molecular weight is 609 g/mol. The molecule has 3 aromatic carbocycles. The molecule has 0 amide bonds. The first-order chi connectivity index (χ1) is 17.9. The molecule has 0 spiro atoms. The molecular weight excluding hydrogens is 590 g/mol. The van der Waals surface area contributed by atoms with Gasteiger partial charge in [0.25, 0.3) is 20.8 Å². The van der Waals surface area contributed by atoms with E-state index in [1.54, 1.807) is 12.1 Å². The maximum Gasteiger partial charge on any atom is 1.00 e. The normalized spacial score (nSPS) is 11.2. The van der Waals surface area contributed by atoms with Crippen molar-refractivity contribution in [2.24, 2.45) is 0 Å². The van der Waals surface area contributed by atoms with Crippen molar-refractivity contribution in [1.29, 1.82) is 0 Å². The zero-order chi connectivity index (χ0) is 27.5. The van der Waals surface area contributed by atoms with Gasteiger partial charge >= 0.3 is 59.1 Å². The van der Waals surface area contributed by atoms with Gasteiger partial charge in [0, 0.05) is 23.8 Å². The van der Waals surface area contributed by atoms with Crippen molar-refractivity contribution in [3.63, 3.8) is 0 Å². The summed E-state index contributed by atoms with van der Waals surface area (Å²) in [7, 11) is -10.1. The molecule has 0 bridgehead atoms. The van der Waals surface area contributed by atoms with Crippen molar-refractivity contribution in [3.05, 3.63) is 82.5 Å². The van der Waals surface area contributed by atoms with Crippen molar-refractivity contribution >= 4 is 31.8 Å². The molecule has 200 valence electrons. The van der Waals surface area contributed by atoms with Gasteiger partial charge in [-0.2, -0.15) is 0 Å². The first-order valence-corrected chi connectivity index (χ1v) is 13.4. The Balaban J connectivity index is 0.00000280. The molecule has 0 aliphatic heterocycles. The van der Waals surface area contributed by atoms with E-state index in [-0.39, 0.29) is 106 Å². The summed E-state index contributed by atoms with van der Waals surface area (Å²) in [5.41, 5.74) is 0.604. The van der Waals surface area contributed by atoms with Gasteiger partial charge in [0.1, 0.15) is 52.9 Å². The van der Waals surface area contributed by atoms with Crippen molar-refractivity contribution in [1.82, 2.24) is 0 Å². The molecule has 40 heavy (non-hydrogen) atoms. The molecule has 1 aromatic heterocycles. The Morgan fingerprint density at radius 1 is 0.725 bits per heavy atom. The second-order valence-electron chi connectivity index (χ2n) is 7.79. The molecule has 12 nitrogen and oxygen atoms in total. The molecule has 0 N–H and O–H groups in total. The summed E-state index contributed by atoms with van der Waals surface area (Å²) >= 11 is 0. The maximum absolute atomic E-state index is 13.0. The zero-order valence-corrected chi connectivity index (χ0v) is 27.1. The fourth-order valence-electron chi connectivity index (χ4n) is 3.39.